The molecule has 0 saturated heterocycles. The number of aryl methyl sites for hydroxylation is 2. The summed E-state index contributed by atoms with van der Waals surface area (Å²) in [5.41, 5.74) is 1.34. The number of ether oxygens (including phenoxy) is 1. The third-order valence-corrected chi connectivity index (χ3v) is 5.10. The van der Waals surface area contributed by atoms with E-state index in [4.69, 9.17) is 4.74 Å². The van der Waals surface area contributed by atoms with Gasteiger partial charge in [0.1, 0.15) is 0 Å². The zero-order valence-electron chi connectivity index (χ0n) is 11.9. The van der Waals surface area contributed by atoms with Crippen LogP contribution in [0.15, 0.2) is 4.47 Å². The van der Waals surface area contributed by atoms with Crippen LogP contribution >= 0.6 is 15.9 Å². The van der Waals surface area contributed by atoms with E-state index in [0.29, 0.717) is 6.42 Å². The van der Waals surface area contributed by atoms with Crippen LogP contribution in [-0.2, 0) is 24.6 Å². The largest absolute Gasteiger partial charge is 0.387 e. The maximum absolute atomic E-state index is 10.9. The lowest BCUT2D eigenvalue weighted by Gasteiger charge is -2.39. The molecule has 1 heterocycles. The smallest absolute Gasteiger partial charge is 0.0963 e. The number of methoxy groups -OCH3 is 1. The molecule has 0 aliphatic heterocycles. The minimum absolute atomic E-state index is 0.0758. The van der Waals surface area contributed by atoms with Crippen LogP contribution < -0.4 is 0 Å². The summed E-state index contributed by atoms with van der Waals surface area (Å²) in [5.74, 6) is 0. The number of hydrogen-bond donors (Lipinski definition) is 1. The van der Waals surface area contributed by atoms with Crippen LogP contribution in [0.2, 0.25) is 0 Å². The number of hydrogen-bond acceptors (Lipinski definition) is 3. The van der Waals surface area contributed by atoms with Crippen LogP contribution in [-0.4, -0.2) is 33.7 Å². The van der Waals surface area contributed by atoms with Crippen LogP contribution in [0.5, 0.6) is 0 Å². The molecule has 1 aromatic rings. The number of rotatable bonds is 4. The van der Waals surface area contributed by atoms with Crippen LogP contribution in [0, 0.1) is 0 Å². The fourth-order valence-corrected chi connectivity index (χ4v) is 3.79. The van der Waals surface area contributed by atoms with Gasteiger partial charge in [-0.2, -0.15) is 5.10 Å². The number of nitrogens with zero attached hydrogens (tertiary/aromatic N) is 2. The second kappa shape index (κ2) is 5.94. The molecule has 1 aliphatic carbocycles. The van der Waals surface area contributed by atoms with Crippen molar-refractivity contribution in [2.75, 3.05) is 7.11 Å². The molecule has 1 N–H and O–H groups in total. The van der Waals surface area contributed by atoms with Gasteiger partial charge in [0.15, 0.2) is 0 Å². The van der Waals surface area contributed by atoms with Gasteiger partial charge < -0.3 is 9.84 Å². The third kappa shape index (κ3) is 2.88. The van der Waals surface area contributed by atoms with Gasteiger partial charge in [0.2, 0.25) is 0 Å². The second-order valence-corrected chi connectivity index (χ2v) is 6.23. The van der Waals surface area contributed by atoms with Crippen LogP contribution in [0.25, 0.3) is 0 Å². The van der Waals surface area contributed by atoms with Crippen molar-refractivity contribution in [3.63, 3.8) is 0 Å². The lowest BCUT2D eigenvalue weighted by Crippen LogP contribution is -2.48. The molecule has 0 radical (unpaired) electrons. The molecule has 0 spiro atoms. The van der Waals surface area contributed by atoms with Crippen LogP contribution in [0.4, 0.5) is 0 Å². The molecule has 1 aliphatic rings. The Kier molecular flexibility index (Phi) is 4.69. The average molecular weight is 331 g/mol. The Morgan fingerprint density at radius 2 is 2.26 bits per heavy atom. The van der Waals surface area contributed by atoms with Gasteiger partial charge in [0.05, 0.1) is 27.6 Å². The van der Waals surface area contributed by atoms with Gasteiger partial charge in [-0.25, -0.2) is 0 Å². The molecule has 2 unspecified atom stereocenters. The molecule has 0 bridgehead atoms. The van der Waals surface area contributed by atoms with Gasteiger partial charge >= 0.3 is 0 Å². The summed E-state index contributed by atoms with van der Waals surface area (Å²) in [6.45, 7) is 2.09. The van der Waals surface area contributed by atoms with Crippen molar-refractivity contribution in [3.05, 3.63) is 15.9 Å². The molecule has 5 heteroatoms. The number of halogens is 1. The van der Waals surface area contributed by atoms with E-state index in [1.165, 1.54) is 0 Å². The van der Waals surface area contributed by atoms with Crippen molar-refractivity contribution < 1.29 is 9.84 Å². The molecule has 1 saturated carbocycles. The quantitative estimate of drug-likeness (QED) is 0.923. The zero-order chi connectivity index (χ0) is 14.0. The summed E-state index contributed by atoms with van der Waals surface area (Å²) < 4.78 is 8.41. The van der Waals surface area contributed by atoms with Crippen molar-refractivity contribution in [2.24, 2.45) is 7.05 Å². The van der Waals surface area contributed by atoms with E-state index in [1.807, 2.05) is 11.7 Å². The number of aliphatic hydroxyl groups is 1. The number of aromatic nitrogens is 2. The molecule has 2 atom stereocenters. The highest BCUT2D eigenvalue weighted by Gasteiger charge is 2.40. The lowest BCUT2D eigenvalue weighted by molar-refractivity contribution is -0.117. The molecule has 0 amide bonds. The van der Waals surface area contributed by atoms with Crippen molar-refractivity contribution in [2.45, 2.75) is 57.2 Å². The highest BCUT2D eigenvalue weighted by atomic mass is 79.9. The molecule has 108 valence electrons. The lowest BCUT2D eigenvalue weighted by atomic mass is 9.79. The van der Waals surface area contributed by atoms with E-state index in [1.54, 1.807) is 7.11 Å². The highest BCUT2D eigenvalue weighted by molar-refractivity contribution is 9.10. The van der Waals surface area contributed by atoms with Gasteiger partial charge in [-0.3, -0.25) is 4.68 Å². The molecule has 19 heavy (non-hydrogen) atoms. The van der Waals surface area contributed by atoms with E-state index in [9.17, 15) is 5.11 Å². The maximum Gasteiger partial charge on any atom is 0.0963 e. The fourth-order valence-electron chi connectivity index (χ4n) is 3.03. The molecular formula is C14H23BrN2O2. The summed E-state index contributed by atoms with van der Waals surface area (Å²) in [6.07, 6.45) is 5.33. The first-order valence-corrected chi connectivity index (χ1v) is 7.76. The Bertz CT molecular complexity index is 447. The van der Waals surface area contributed by atoms with Gasteiger partial charge in [-0.05, 0) is 35.2 Å². The predicted octanol–water partition coefficient (Wildman–Crippen LogP) is 2.61. The first-order valence-electron chi connectivity index (χ1n) is 6.97. The summed E-state index contributed by atoms with van der Waals surface area (Å²) in [5, 5.41) is 15.4. The maximum atomic E-state index is 10.9. The van der Waals surface area contributed by atoms with E-state index >= 15 is 0 Å². The molecule has 0 aromatic carbocycles. The Labute approximate surface area is 123 Å². The fraction of sp³-hybridized carbons (Fsp3) is 0.786. The standard InChI is InChI=1S/C14H23BrN2O2/c1-4-10-13(15)11(17(2)16-10)9-14(18)8-6-5-7-12(14)19-3/h12,18H,4-9H2,1-3H3. The first-order chi connectivity index (χ1) is 9.01. The predicted molar refractivity (Wildman–Crippen MR) is 78.2 cm³/mol. The van der Waals surface area contributed by atoms with E-state index < -0.39 is 5.60 Å². The molecule has 2 rings (SSSR count). The highest BCUT2D eigenvalue weighted by Crippen LogP contribution is 2.35. The first kappa shape index (κ1) is 15.0. The van der Waals surface area contributed by atoms with Gasteiger partial charge in [0.25, 0.3) is 0 Å². The van der Waals surface area contributed by atoms with Gasteiger partial charge in [-0.1, -0.05) is 19.8 Å². The van der Waals surface area contributed by atoms with Crippen LogP contribution in [0.3, 0.4) is 0 Å². The molecule has 1 fully saturated rings. The van der Waals surface area contributed by atoms with Gasteiger partial charge in [0, 0.05) is 20.6 Å². The minimum Gasteiger partial charge on any atom is -0.387 e. The summed E-state index contributed by atoms with van der Waals surface area (Å²) in [6, 6.07) is 0. The van der Waals surface area contributed by atoms with E-state index in [-0.39, 0.29) is 6.10 Å². The van der Waals surface area contributed by atoms with E-state index in [2.05, 4.69) is 28.0 Å². The monoisotopic (exact) mass is 330 g/mol. The Hall–Kier alpha value is -0.390. The summed E-state index contributed by atoms with van der Waals surface area (Å²) >= 11 is 3.62. The average Bonchev–Trinajstić information content (AvgIpc) is 2.66. The SMILES string of the molecule is CCc1nn(C)c(CC2(O)CCCCC2OC)c1Br. The Morgan fingerprint density at radius 3 is 2.84 bits per heavy atom. The molecule has 4 nitrogen and oxygen atoms in total. The minimum atomic E-state index is -0.770. The van der Waals surface area contributed by atoms with Crippen molar-refractivity contribution in [3.8, 4) is 0 Å². The Morgan fingerprint density at radius 1 is 1.53 bits per heavy atom. The summed E-state index contributed by atoms with van der Waals surface area (Å²) in [4.78, 5) is 0. The topological polar surface area (TPSA) is 47.3 Å². The van der Waals surface area contributed by atoms with Crippen molar-refractivity contribution >= 4 is 15.9 Å². The van der Waals surface area contributed by atoms with E-state index in [0.717, 1.165) is 48.0 Å². The Balaban J connectivity index is 2.26. The molecular weight excluding hydrogens is 308 g/mol. The zero-order valence-corrected chi connectivity index (χ0v) is 13.5. The van der Waals surface area contributed by atoms with Crippen molar-refractivity contribution in [1.29, 1.82) is 0 Å². The van der Waals surface area contributed by atoms with Crippen LogP contribution in [0.1, 0.15) is 44.0 Å². The van der Waals surface area contributed by atoms with Gasteiger partial charge in [-0.15, -0.1) is 0 Å². The second-order valence-electron chi connectivity index (χ2n) is 5.44. The normalized spacial score (nSPS) is 27.7. The third-order valence-electron chi connectivity index (χ3n) is 4.19. The van der Waals surface area contributed by atoms with Crippen molar-refractivity contribution in [1.82, 2.24) is 9.78 Å². The molecule has 1 aromatic heterocycles. The summed E-state index contributed by atoms with van der Waals surface area (Å²) in [7, 11) is 3.63.